The van der Waals surface area contributed by atoms with Crippen molar-refractivity contribution in [2.24, 2.45) is 5.73 Å². The molecule has 7 heteroatoms. The number of amides is 1. The highest BCUT2D eigenvalue weighted by atomic mass is 16.5. The Kier molecular flexibility index (Phi) is 4.70. The molecule has 0 bridgehead atoms. The molecule has 0 aromatic carbocycles. The third kappa shape index (κ3) is 2.99. The average molecular weight is 254 g/mol. The number of nitrogen functional groups attached to an aromatic ring is 1. The highest BCUT2D eigenvalue weighted by Crippen LogP contribution is 2.19. The molecule has 1 atom stereocenters. The van der Waals surface area contributed by atoms with Gasteiger partial charge in [0.1, 0.15) is 6.04 Å². The number of hydrogen-bond acceptors (Lipinski definition) is 5. The van der Waals surface area contributed by atoms with Crippen LogP contribution in [-0.2, 0) is 9.53 Å². The van der Waals surface area contributed by atoms with E-state index in [1.807, 2.05) is 6.92 Å². The van der Waals surface area contributed by atoms with E-state index in [2.05, 4.69) is 5.10 Å². The molecule has 1 rings (SSSR count). The fourth-order valence-corrected chi connectivity index (χ4v) is 1.63. The van der Waals surface area contributed by atoms with Gasteiger partial charge >= 0.3 is 5.97 Å². The first-order valence-electron chi connectivity index (χ1n) is 5.82. The molecular formula is C11H18N4O3. The van der Waals surface area contributed by atoms with Crippen LogP contribution >= 0.6 is 0 Å². The smallest absolute Gasteiger partial charge is 0.330 e. The first kappa shape index (κ1) is 14.0. The van der Waals surface area contributed by atoms with Crippen LogP contribution in [0, 0.1) is 0 Å². The van der Waals surface area contributed by atoms with Crippen LogP contribution in [0.4, 0.5) is 5.69 Å². The van der Waals surface area contributed by atoms with Gasteiger partial charge in [-0.3, -0.25) is 9.48 Å². The van der Waals surface area contributed by atoms with Crippen LogP contribution in [0.5, 0.6) is 0 Å². The summed E-state index contributed by atoms with van der Waals surface area (Å²) in [6.45, 7) is 3.96. The minimum Gasteiger partial charge on any atom is -0.464 e. The van der Waals surface area contributed by atoms with Gasteiger partial charge < -0.3 is 16.2 Å². The summed E-state index contributed by atoms with van der Waals surface area (Å²) in [7, 11) is 0. The Hall–Kier alpha value is -2.05. The predicted molar refractivity (Wildman–Crippen MR) is 65.7 cm³/mol. The number of carbonyl (C=O) groups is 2. The number of aromatic nitrogens is 2. The number of ether oxygens (including phenoxy) is 1. The van der Waals surface area contributed by atoms with Crippen LogP contribution in [-0.4, -0.2) is 28.3 Å². The van der Waals surface area contributed by atoms with E-state index >= 15 is 0 Å². The maximum Gasteiger partial charge on any atom is 0.330 e. The maximum atomic E-state index is 11.8. The molecule has 0 aliphatic rings. The van der Waals surface area contributed by atoms with Gasteiger partial charge in [0.25, 0.3) is 5.91 Å². The summed E-state index contributed by atoms with van der Waals surface area (Å²) in [6, 6.07) is -0.578. The normalized spacial score (nSPS) is 12.1. The van der Waals surface area contributed by atoms with Crippen molar-refractivity contribution in [3.63, 3.8) is 0 Å². The van der Waals surface area contributed by atoms with Crippen molar-refractivity contribution >= 4 is 17.6 Å². The molecule has 1 unspecified atom stereocenters. The van der Waals surface area contributed by atoms with Gasteiger partial charge in [-0.25, -0.2) is 4.79 Å². The van der Waals surface area contributed by atoms with Crippen LogP contribution < -0.4 is 11.5 Å². The lowest BCUT2D eigenvalue weighted by molar-refractivity contribution is -0.147. The van der Waals surface area contributed by atoms with E-state index in [9.17, 15) is 9.59 Å². The van der Waals surface area contributed by atoms with Crippen molar-refractivity contribution in [1.82, 2.24) is 9.78 Å². The van der Waals surface area contributed by atoms with Crippen LogP contribution in [0.2, 0.25) is 0 Å². The molecule has 0 spiro atoms. The Morgan fingerprint density at radius 3 is 2.61 bits per heavy atom. The van der Waals surface area contributed by atoms with E-state index in [1.54, 1.807) is 6.92 Å². The molecule has 1 heterocycles. The van der Waals surface area contributed by atoms with Crippen LogP contribution in [0.25, 0.3) is 0 Å². The molecule has 0 fully saturated rings. The minimum absolute atomic E-state index is 0.0274. The predicted octanol–water partition coefficient (Wildman–Crippen LogP) is 0.469. The van der Waals surface area contributed by atoms with Crippen molar-refractivity contribution in [3.8, 4) is 0 Å². The third-order valence-electron chi connectivity index (χ3n) is 2.43. The summed E-state index contributed by atoms with van der Waals surface area (Å²) in [5, 5.41) is 3.95. The highest BCUT2D eigenvalue weighted by Gasteiger charge is 2.24. The molecule has 0 aliphatic carbocycles. The van der Waals surface area contributed by atoms with Gasteiger partial charge in [-0.2, -0.15) is 5.10 Å². The van der Waals surface area contributed by atoms with Crippen LogP contribution in [0.3, 0.4) is 0 Å². The maximum absolute atomic E-state index is 11.8. The summed E-state index contributed by atoms with van der Waals surface area (Å²) in [5.74, 6) is -1.11. The zero-order valence-electron chi connectivity index (χ0n) is 10.5. The first-order chi connectivity index (χ1) is 8.51. The van der Waals surface area contributed by atoms with Crippen molar-refractivity contribution in [2.75, 3.05) is 12.3 Å². The monoisotopic (exact) mass is 254 g/mol. The molecule has 4 N–H and O–H groups in total. The van der Waals surface area contributed by atoms with E-state index in [0.29, 0.717) is 13.0 Å². The van der Waals surface area contributed by atoms with Crippen molar-refractivity contribution < 1.29 is 14.3 Å². The van der Waals surface area contributed by atoms with Crippen molar-refractivity contribution in [1.29, 1.82) is 0 Å². The molecule has 7 nitrogen and oxygen atoms in total. The van der Waals surface area contributed by atoms with Gasteiger partial charge in [0.2, 0.25) is 0 Å². The van der Waals surface area contributed by atoms with Gasteiger partial charge in [-0.15, -0.1) is 0 Å². The number of nitrogens with zero attached hydrogens (tertiary/aromatic N) is 2. The fraction of sp³-hybridized carbons (Fsp3) is 0.545. The van der Waals surface area contributed by atoms with E-state index in [1.165, 1.54) is 10.9 Å². The largest absolute Gasteiger partial charge is 0.464 e. The Labute approximate surface area is 105 Å². The molecule has 100 valence electrons. The van der Waals surface area contributed by atoms with E-state index in [0.717, 1.165) is 6.42 Å². The summed E-state index contributed by atoms with van der Waals surface area (Å²) in [5.41, 5.74) is 10.9. The summed E-state index contributed by atoms with van der Waals surface area (Å²) >= 11 is 0. The third-order valence-corrected chi connectivity index (χ3v) is 2.43. The summed E-state index contributed by atoms with van der Waals surface area (Å²) in [6.07, 6.45) is 2.75. The second kappa shape index (κ2) is 6.04. The molecule has 0 saturated heterocycles. The first-order valence-corrected chi connectivity index (χ1v) is 5.82. The number of carbonyl (C=O) groups excluding carboxylic acids is 2. The topological polar surface area (TPSA) is 113 Å². The number of esters is 1. The molecule has 0 saturated carbocycles. The van der Waals surface area contributed by atoms with Gasteiger partial charge in [0.15, 0.2) is 5.69 Å². The van der Waals surface area contributed by atoms with E-state index in [-0.39, 0.29) is 11.4 Å². The van der Waals surface area contributed by atoms with E-state index < -0.39 is 17.9 Å². The standard InChI is InChI=1S/C11H18N4O3/c1-3-5-8(11(17)18-4-2)15-6-7(12)9(14-15)10(13)16/h6,8H,3-5,12H2,1-2H3,(H2,13,16). The number of hydrogen-bond donors (Lipinski definition) is 2. The number of primary amides is 1. The van der Waals surface area contributed by atoms with Crippen LogP contribution in [0.15, 0.2) is 6.20 Å². The zero-order chi connectivity index (χ0) is 13.7. The Bertz CT molecular complexity index is 441. The molecule has 1 aromatic rings. The SMILES string of the molecule is CCCC(C(=O)OCC)n1cc(N)c(C(N)=O)n1. The molecule has 0 aliphatic heterocycles. The Morgan fingerprint density at radius 1 is 1.50 bits per heavy atom. The molecule has 1 amide bonds. The lowest BCUT2D eigenvalue weighted by Gasteiger charge is -2.14. The van der Waals surface area contributed by atoms with Crippen molar-refractivity contribution in [3.05, 3.63) is 11.9 Å². The Morgan fingerprint density at radius 2 is 2.17 bits per heavy atom. The van der Waals surface area contributed by atoms with Gasteiger partial charge in [0.05, 0.1) is 12.3 Å². The molecule has 1 aromatic heterocycles. The number of nitrogens with two attached hydrogens (primary N) is 2. The second-order valence-electron chi connectivity index (χ2n) is 3.83. The van der Waals surface area contributed by atoms with Gasteiger partial charge in [-0.05, 0) is 13.3 Å². The summed E-state index contributed by atoms with van der Waals surface area (Å²) < 4.78 is 6.31. The number of rotatable bonds is 6. The van der Waals surface area contributed by atoms with Crippen LogP contribution in [0.1, 0.15) is 43.2 Å². The van der Waals surface area contributed by atoms with Crippen molar-refractivity contribution in [2.45, 2.75) is 32.7 Å². The molecule has 0 radical (unpaired) electrons. The lowest BCUT2D eigenvalue weighted by atomic mass is 10.2. The Balaban J connectivity index is 3.02. The fourth-order valence-electron chi connectivity index (χ4n) is 1.63. The number of anilines is 1. The second-order valence-corrected chi connectivity index (χ2v) is 3.83. The highest BCUT2D eigenvalue weighted by molar-refractivity contribution is 5.95. The van der Waals surface area contributed by atoms with Gasteiger partial charge in [0, 0.05) is 6.20 Å². The van der Waals surface area contributed by atoms with Gasteiger partial charge in [-0.1, -0.05) is 13.3 Å². The lowest BCUT2D eigenvalue weighted by Crippen LogP contribution is -2.23. The summed E-state index contributed by atoms with van der Waals surface area (Å²) in [4.78, 5) is 22.8. The quantitative estimate of drug-likeness (QED) is 0.716. The average Bonchev–Trinajstić information content (AvgIpc) is 2.68. The molecule has 18 heavy (non-hydrogen) atoms. The van der Waals surface area contributed by atoms with E-state index in [4.69, 9.17) is 16.2 Å². The minimum atomic E-state index is -0.717. The molecular weight excluding hydrogens is 236 g/mol. The zero-order valence-corrected chi connectivity index (χ0v) is 10.5.